The van der Waals surface area contributed by atoms with E-state index in [0.717, 1.165) is 0 Å². The molecule has 1 aliphatic heterocycles. The molecule has 0 aromatic heterocycles. The maximum atomic E-state index is 9.49. The van der Waals surface area contributed by atoms with Crippen molar-refractivity contribution >= 4 is 0 Å². The topological polar surface area (TPSA) is 136 Å². The Balaban J connectivity index is 2.74. The monoisotopic (exact) mass is 223 g/mol. The SMILES string of the molecule is NCC(O)C1O[C@H](CO)[C@@H](O)[C@H](O)[C@@H]1O. The van der Waals surface area contributed by atoms with E-state index >= 15 is 0 Å². The van der Waals surface area contributed by atoms with Gasteiger partial charge < -0.3 is 36.0 Å². The molecular formula is C8H17NO6. The zero-order valence-electron chi connectivity index (χ0n) is 8.10. The number of rotatable bonds is 3. The molecule has 1 rings (SSSR count). The molecule has 0 aromatic rings. The van der Waals surface area contributed by atoms with Crippen molar-refractivity contribution in [2.75, 3.05) is 13.2 Å². The first-order chi connectivity index (χ1) is 7.02. The highest BCUT2D eigenvalue weighted by Gasteiger charge is 2.45. The van der Waals surface area contributed by atoms with Crippen molar-refractivity contribution in [3.05, 3.63) is 0 Å². The largest absolute Gasteiger partial charge is 0.394 e. The van der Waals surface area contributed by atoms with E-state index in [1.54, 1.807) is 0 Å². The van der Waals surface area contributed by atoms with E-state index in [-0.39, 0.29) is 6.54 Å². The van der Waals surface area contributed by atoms with E-state index in [1.165, 1.54) is 0 Å². The van der Waals surface area contributed by atoms with E-state index in [2.05, 4.69) is 0 Å². The minimum Gasteiger partial charge on any atom is -0.394 e. The standard InChI is InChI=1S/C8H17NO6/c9-1-3(11)8-7(14)6(13)5(12)4(2-10)15-8/h3-8,10-14H,1-2,9H2/t3?,4-,5-,6+,7+,8?/m1/s1. The van der Waals surface area contributed by atoms with Crippen LogP contribution in [-0.2, 0) is 4.74 Å². The molecule has 7 nitrogen and oxygen atoms in total. The first kappa shape index (κ1) is 12.8. The van der Waals surface area contributed by atoms with Gasteiger partial charge in [-0.25, -0.2) is 0 Å². The predicted octanol–water partition coefficient (Wildman–Crippen LogP) is -3.85. The van der Waals surface area contributed by atoms with Gasteiger partial charge in [0.2, 0.25) is 0 Å². The van der Waals surface area contributed by atoms with Crippen molar-refractivity contribution in [2.24, 2.45) is 5.73 Å². The molecule has 90 valence electrons. The van der Waals surface area contributed by atoms with Crippen molar-refractivity contribution in [2.45, 2.75) is 36.6 Å². The third-order valence-electron chi connectivity index (χ3n) is 2.55. The summed E-state index contributed by atoms with van der Waals surface area (Å²) in [7, 11) is 0. The molecule has 1 fully saturated rings. The molecular weight excluding hydrogens is 206 g/mol. The van der Waals surface area contributed by atoms with Crippen molar-refractivity contribution in [3.63, 3.8) is 0 Å². The normalized spacial score (nSPS) is 44.0. The van der Waals surface area contributed by atoms with Crippen molar-refractivity contribution < 1.29 is 30.3 Å². The van der Waals surface area contributed by atoms with Gasteiger partial charge in [0.25, 0.3) is 0 Å². The van der Waals surface area contributed by atoms with E-state index in [4.69, 9.17) is 15.6 Å². The lowest BCUT2D eigenvalue weighted by Crippen LogP contribution is -2.62. The van der Waals surface area contributed by atoms with Gasteiger partial charge in [0.15, 0.2) is 0 Å². The molecule has 6 atom stereocenters. The third-order valence-corrected chi connectivity index (χ3v) is 2.55. The molecule has 2 unspecified atom stereocenters. The van der Waals surface area contributed by atoms with Crippen molar-refractivity contribution in [1.29, 1.82) is 0 Å². The number of aliphatic hydroxyl groups is 5. The number of aliphatic hydroxyl groups excluding tert-OH is 5. The summed E-state index contributed by atoms with van der Waals surface area (Å²) in [6.45, 7) is -0.665. The molecule has 1 saturated heterocycles. The Labute approximate surface area is 86.7 Å². The smallest absolute Gasteiger partial charge is 0.114 e. The highest BCUT2D eigenvalue weighted by molar-refractivity contribution is 4.94. The molecule has 0 saturated carbocycles. The van der Waals surface area contributed by atoms with Crippen LogP contribution in [0.4, 0.5) is 0 Å². The highest BCUT2D eigenvalue weighted by atomic mass is 16.6. The average molecular weight is 223 g/mol. The lowest BCUT2D eigenvalue weighted by Gasteiger charge is -2.41. The van der Waals surface area contributed by atoms with E-state index in [9.17, 15) is 20.4 Å². The lowest BCUT2D eigenvalue weighted by molar-refractivity contribution is -0.247. The zero-order valence-corrected chi connectivity index (χ0v) is 8.10. The van der Waals surface area contributed by atoms with Gasteiger partial charge in [-0.3, -0.25) is 0 Å². The maximum absolute atomic E-state index is 9.49. The van der Waals surface area contributed by atoms with Crippen LogP contribution in [-0.4, -0.2) is 75.3 Å². The Morgan fingerprint density at radius 2 is 1.73 bits per heavy atom. The van der Waals surface area contributed by atoms with Gasteiger partial charge >= 0.3 is 0 Å². The Bertz CT molecular complexity index is 202. The Kier molecular flexibility index (Phi) is 4.41. The summed E-state index contributed by atoms with van der Waals surface area (Å²) in [5.41, 5.74) is 5.18. The van der Waals surface area contributed by atoms with Crippen LogP contribution < -0.4 is 5.73 Å². The molecule has 15 heavy (non-hydrogen) atoms. The summed E-state index contributed by atoms with van der Waals surface area (Å²) in [6, 6.07) is 0. The molecule has 0 spiro atoms. The third kappa shape index (κ3) is 2.45. The summed E-state index contributed by atoms with van der Waals surface area (Å²) >= 11 is 0. The first-order valence-corrected chi connectivity index (χ1v) is 4.71. The summed E-state index contributed by atoms with van der Waals surface area (Å²) in [5.74, 6) is 0. The number of nitrogens with two attached hydrogens (primary N) is 1. The minimum absolute atomic E-state index is 0.150. The molecule has 0 radical (unpaired) electrons. The molecule has 1 heterocycles. The highest BCUT2D eigenvalue weighted by Crippen LogP contribution is 2.22. The van der Waals surface area contributed by atoms with Crippen LogP contribution >= 0.6 is 0 Å². The van der Waals surface area contributed by atoms with Crippen LogP contribution in [0, 0.1) is 0 Å². The van der Waals surface area contributed by atoms with E-state index < -0.39 is 43.2 Å². The van der Waals surface area contributed by atoms with Crippen LogP contribution in [0.5, 0.6) is 0 Å². The molecule has 0 amide bonds. The summed E-state index contributed by atoms with van der Waals surface area (Å²) < 4.78 is 5.04. The number of hydrogen-bond donors (Lipinski definition) is 6. The number of hydrogen-bond acceptors (Lipinski definition) is 7. The van der Waals surface area contributed by atoms with Gasteiger partial charge in [-0.1, -0.05) is 0 Å². The average Bonchev–Trinajstić information content (AvgIpc) is 2.25. The van der Waals surface area contributed by atoms with E-state index in [1.807, 2.05) is 0 Å². The zero-order chi connectivity index (χ0) is 11.6. The second-order valence-electron chi connectivity index (χ2n) is 3.60. The summed E-state index contributed by atoms with van der Waals surface area (Å²) in [6.07, 6.45) is -7.58. The van der Waals surface area contributed by atoms with Gasteiger partial charge in [-0.2, -0.15) is 0 Å². The Morgan fingerprint density at radius 1 is 1.13 bits per heavy atom. The molecule has 0 aliphatic carbocycles. The van der Waals surface area contributed by atoms with E-state index in [0.29, 0.717) is 0 Å². The molecule has 1 aliphatic rings. The summed E-state index contributed by atoms with van der Waals surface area (Å²) in [4.78, 5) is 0. The fourth-order valence-electron chi connectivity index (χ4n) is 1.58. The molecule has 7 heteroatoms. The van der Waals surface area contributed by atoms with Crippen molar-refractivity contribution in [1.82, 2.24) is 0 Å². The Morgan fingerprint density at radius 3 is 2.20 bits per heavy atom. The van der Waals surface area contributed by atoms with Crippen LogP contribution in [0.15, 0.2) is 0 Å². The second-order valence-corrected chi connectivity index (χ2v) is 3.60. The minimum atomic E-state index is -1.47. The second kappa shape index (κ2) is 5.17. The van der Waals surface area contributed by atoms with Crippen LogP contribution in [0.3, 0.4) is 0 Å². The molecule has 0 aromatic carbocycles. The number of ether oxygens (including phenoxy) is 1. The summed E-state index contributed by atoms with van der Waals surface area (Å²) in [5, 5.41) is 46.5. The van der Waals surface area contributed by atoms with Gasteiger partial charge in [0, 0.05) is 6.54 Å². The fraction of sp³-hybridized carbons (Fsp3) is 1.00. The quantitative estimate of drug-likeness (QED) is 0.288. The van der Waals surface area contributed by atoms with Crippen LogP contribution in [0.2, 0.25) is 0 Å². The lowest BCUT2D eigenvalue weighted by atomic mass is 9.92. The predicted molar refractivity (Wildman–Crippen MR) is 48.8 cm³/mol. The Hall–Kier alpha value is -0.280. The van der Waals surface area contributed by atoms with Crippen molar-refractivity contribution in [3.8, 4) is 0 Å². The molecule has 7 N–H and O–H groups in total. The maximum Gasteiger partial charge on any atom is 0.114 e. The van der Waals surface area contributed by atoms with Crippen LogP contribution in [0.25, 0.3) is 0 Å². The van der Waals surface area contributed by atoms with Gasteiger partial charge in [0.05, 0.1) is 12.7 Å². The van der Waals surface area contributed by atoms with Gasteiger partial charge in [0.1, 0.15) is 30.5 Å². The van der Waals surface area contributed by atoms with Gasteiger partial charge in [-0.05, 0) is 0 Å². The first-order valence-electron chi connectivity index (χ1n) is 4.71. The van der Waals surface area contributed by atoms with Gasteiger partial charge in [-0.15, -0.1) is 0 Å². The fourth-order valence-corrected chi connectivity index (χ4v) is 1.58. The molecule has 0 bridgehead atoms. The van der Waals surface area contributed by atoms with Crippen LogP contribution in [0.1, 0.15) is 0 Å².